The number of ether oxygens (including phenoxy) is 1. The standard InChI is InChI=1S/C17H14FN7O/c1-24-4-5-26-15-13(24)8-20-25-16(22-23-17(15)25)12-3-2-9-6-10(18)7-11(19)14(9)21-12/h2-3,6-8H,4-5,19H2,1H3. The van der Waals surface area contributed by atoms with Gasteiger partial charge in [-0.3, -0.25) is 0 Å². The third kappa shape index (κ3) is 2.06. The SMILES string of the molecule is CN1CCOc2c1cnn1c(-c3ccc4cc(F)cc(N)c4n3)nnc21. The van der Waals surface area contributed by atoms with Crippen LogP contribution in [0.15, 0.2) is 30.5 Å². The van der Waals surface area contributed by atoms with E-state index in [-0.39, 0.29) is 5.69 Å². The number of pyridine rings is 1. The van der Waals surface area contributed by atoms with Crippen molar-refractivity contribution < 1.29 is 9.13 Å². The van der Waals surface area contributed by atoms with Gasteiger partial charge in [0.1, 0.15) is 23.8 Å². The molecule has 5 rings (SSSR count). The summed E-state index contributed by atoms with van der Waals surface area (Å²) in [6, 6.07) is 6.13. The van der Waals surface area contributed by atoms with Crippen LogP contribution in [-0.4, -0.2) is 45.0 Å². The Bertz CT molecular complexity index is 1170. The van der Waals surface area contributed by atoms with Gasteiger partial charge in [-0.05, 0) is 18.2 Å². The summed E-state index contributed by atoms with van der Waals surface area (Å²) in [6.45, 7) is 1.36. The molecule has 0 amide bonds. The fraction of sp³-hybridized carbons (Fsp3) is 0.176. The molecular weight excluding hydrogens is 337 g/mol. The number of anilines is 2. The van der Waals surface area contributed by atoms with Crippen LogP contribution in [0.1, 0.15) is 0 Å². The van der Waals surface area contributed by atoms with Gasteiger partial charge >= 0.3 is 0 Å². The fourth-order valence-electron chi connectivity index (χ4n) is 3.14. The predicted molar refractivity (Wildman–Crippen MR) is 94.7 cm³/mol. The molecule has 130 valence electrons. The van der Waals surface area contributed by atoms with Crippen molar-refractivity contribution in [3.8, 4) is 17.3 Å². The number of nitrogens with zero attached hydrogens (tertiary/aromatic N) is 6. The van der Waals surface area contributed by atoms with Crippen molar-refractivity contribution in [2.75, 3.05) is 30.8 Å². The van der Waals surface area contributed by atoms with Crippen molar-refractivity contribution >= 4 is 27.9 Å². The Morgan fingerprint density at radius 2 is 2.12 bits per heavy atom. The zero-order valence-electron chi connectivity index (χ0n) is 13.8. The second kappa shape index (κ2) is 5.25. The minimum Gasteiger partial charge on any atom is -0.486 e. The molecule has 26 heavy (non-hydrogen) atoms. The number of hydrogen-bond acceptors (Lipinski definition) is 7. The van der Waals surface area contributed by atoms with E-state index in [1.807, 2.05) is 7.05 Å². The van der Waals surface area contributed by atoms with E-state index < -0.39 is 5.82 Å². The van der Waals surface area contributed by atoms with Crippen LogP contribution >= 0.6 is 0 Å². The largest absolute Gasteiger partial charge is 0.486 e. The van der Waals surface area contributed by atoms with Gasteiger partial charge in [-0.2, -0.15) is 9.61 Å². The van der Waals surface area contributed by atoms with Gasteiger partial charge in [0.05, 0.1) is 23.9 Å². The quantitative estimate of drug-likeness (QED) is 0.523. The number of nitrogen functional groups attached to an aromatic ring is 1. The highest BCUT2D eigenvalue weighted by molar-refractivity contribution is 5.90. The number of nitrogens with two attached hydrogens (primary N) is 1. The molecule has 0 saturated carbocycles. The Labute approximate surface area is 147 Å². The Morgan fingerprint density at radius 3 is 3.00 bits per heavy atom. The molecule has 0 radical (unpaired) electrons. The number of halogens is 1. The van der Waals surface area contributed by atoms with Gasteiger partial charge in [0.25, 0.3) is 0 Å². The first-order chi connectivity index (χ1) is 12.6. The third-order valence-corrected chi connectivity index (χ3v) is 4.47. The summed E-state index contributed by atoms with van der Waals surface area (Å²) in [5, 5.41) is 13.5. The van der Waals surface area contributed by atoms with Crippen molar-refractivity contribution in [3.63, 3.8) is 0 Å². The molecule has 4 heterocycles. The van der Waals surface area contributed by atoms with Crippen LogP contribution in [0.4, 0.5) is 15.8 Å². The molecule has 0 unspecified atom stereocenters. The lowest BCUT2D eigenvalue weighted by molar-refractivity contribution is 0.312. The van der Waals surface area contributed by atoms with Gasteiger partial charge < -0.3 is 15.4 Å². The average molecular weight is 351 g/mol. The van der Waals surface area contributed by atoms with Crippen LogP contribution in [0, 0.1) is 5.82 Å². The van der Waals surface area contributed by atoms with Crippen LogP contribution < -0.4 is 15.4 Å². The zero-order chi connectivity index (χ0) is 17.8. The van der Waals surface area contributed by atoms with Gasteiger partial charge in [-0.25, -0.2) is 9.37 Å². The predicted octanol–water partition coefficient (Wildman–Crippen LogP) is 1.89. The summed E-state index contributed by atoms with van der Waals surface area (Å²) in [5.74, 6) is 0.715. The Morgan fingerprint density at radius 1 is 1.23 bits per heavy atom. The van der Waals surface area contributed by atoms with E-state index >= 15 is 0 Å². The average Bonchev–Trinajstić information content (AvgIpc) is 3.06. The minimum absolute atomic E-state index is 0.269. The van der Waals surface area contributed by atoms with E-state index in [1.165, 1.54) is 12.1 Å². The zero-order valence-corrected chi connectivity index (χ0v) is 13.8. The van der Waals surface area contributed by atoms with Crippen molar-refractivity contribution in [2.45, 2.75) is 0 Å². The van der Waals surface area contributed by atoms with Gasteiger partial charge in [-0.1, -0.05) is 6.07 Å². The van der Waals surface area contributed by atoms with Crippen LogP contribution in [0.3, 0.4) is 0 Å². The molecule has 0 aliphatic carbocycles. The summed E-state index contributed by atoms with van der Waals surface area (Å²) in [6.07, 6.45) is 1.72. The fourth-order valence-corrected chi connectivity index (χ4v) is 3.14. The highest BCUT2D eigenvalue weighted by Crippen LogP contribution is 2.34. The Hall–Kier alpha value is -3.49. The smallest absolute Gasteiger partial charge is 0.222 e. The summed E-state index contributed by atoms with van der Waals surface area (Å²) >= 11 is 0. The molecule has 1 aliphatic rings. The maximum Gasteiger partial charge on any atom is 0.222 e. The van der Waals surface area contributed by atoms with Crippen molar-refractivity contribution in [1.82, 2.24) is 24.8 Å². The second-order valence-electron chi connectivity index (χ2n) is 6.15. The van der Waals surface area contributed by atoms with Gasteiger partial charge in [-0.15, -0.1) is 10.2 Å². The van der Waals surface area contributed by atoms with Crippen molar-refractivity contribution in [3.05, 3.63) is 36.3 Å². The van der Waals surface area contributed by atoms with Gasteiger partial charge in [0.15, 0.2) is 5.75 Å². The molecule has 0 bridgehead atoms. The molecule has 0 atom stereocenters. The van der Waals surface area contributed by atoms with E-state index in [9.17, 15) is 4.39 Å². The monoisotopic (exact) mass is 351 g/mol. The molecule has 2 N–H and O–H groups in total. The van der Waals surface area contributed by atoms with E-state index in [0.717, 1.165) is 12.2 Å². The molecule has 3 aromatic heterocycles. The number of aromatic nitrogens is 5. The Kier molecular flexibility index (Phi) is 2.99. The Balaban J connectivity index is 1.71. The highest BCUT2D eigenvalue weighted by atomic mass is 19.1. The van der Waals surface area contributed by atoms with Crippen molar-refractivity contribution in [2.24, 2.45) is 0 Å². The van der Waals surface area contributed by atoms with E-state index in [1.54, 1.807) is 22.8 Å². The maximum absolute atomic E-state index is 13.5. The van der Waals surface area contributed by atoms with E-state index in [2.05, 4.69) is 25.2 Å². The lowest BCUT2D eigenvalue weighted by Gasteiger charge is -2.26. The molecule has 0 fully saturated rings. The molecule has 4 aromatic rings. The van der Waals surface area contributed by atoms with Crippen LogP contribution in [0.25, 0.3) is 28.1 Å². The number of benzene rings is 1. The molecule has 9 heteroatoms. The summed E-state index contributed by atoms with van der Waals surface area (Å²) in [7, 11) is 1.98. The first kappa shape index (κ1) is 14.8. The molecule has 8 nitrogen and oxygen atoms in total. The summed E-state index contributed by atoms with van der Waals surface area (Å²) in [5.41, 5.74) is 8.63. The van der Waals surface area contributed by atoms with Crippen LogP contribution in [-0.2, 0) is 0 Å². The first-order valence-corrected chi connectivity index (χ1v) is 8.06. The van der Waals surface area contributed by atoms with Gasteiger partial charge in [0, 0.05) is 12.4 Å². The van der Waals surface area contributed by atoms with Crippen LogP contribution in [0.5, 0.6) is 5.75 Å². The number of rotatable bonds is 1. The molecule has 0 spiro atoms. The van der Waals surface area contributed by atoms with E-state index in [4.69, 9.17) is 10.5 Å². The van der Waals surface area contributed by atoms with Crippen molar-refractivity contribution in [1.29, 1.82) is 0 Å². The topological polar surface area (TPSA) is 94.5 Å². The van der Waals surface area contributed by atoms with Gasteiger partial charge in [0.2, 0.25) is 11.5 Å². The summed E-state index contributed by atoms with van der Waals surface area (Å²) in [4.78, 5) is 6.59. The van der Waals surface area contributed by atoms with E-state index in [0.29, 0.717) is 40.4 Å². The molecular formula is C17H14FN7O. The lowest BCUT2D eigenvalue weighted by atomic mass is 10.1. The van der Waals surface area contributed by atoms with Crippen LogP contribution in [0.2, 0.25) is 0 Å². The number of hydrogen-bond donors (Lipinski definition) is 1. The summed E-state index contributed by atoms with van der Waals surface area (Å²) < 4.78 is 20.9. The first-order valence-electron chi connectivity index (χ1n) is 8.06. The highest BCUT2D eigenvalue weighted by Gasteiger charge is 2.23. The number of fused-ring (bicyclic) bond motifs is 4. The molecule has 0 saturated heterocycles. The molecule has 1 aromatic carbocycles. The maximum atomic E-state index is 13.5. The number of likely N-dealkylation sites (N-methyl/N-ethyl adjacent to an activating group) is 1. The normalized spacial score (nSPS) is 13.8. The third-order valence-electron chi connectivity index (χ3n) is 4.47. The lowest BCUT2D eigenvalue weighted by Crippen LogP contribution is -2.29. The minimum atomic E-state index is -0.396. The molecule has 1 aliphatic heterocycles. The second-order valence-corrected chi connectivity index (χ2v) is 6.15.